The minimum atomic E-state index is -0.809. The molecular weight excluding hydrogens is 216 g/mol. The first kappa shape index (κ1) is 13.3. The molecule has 3 heteroatoms. The van der Waals surface area contributed by atoms with E-state index in [1.807, 2.05) is 6.92 Å². The van der Waals surface area contributed by atoms with Crippen LogP contribution >= 0.6 is 0 Å². The molecule has 1 aliphatic rings. The average molecular weight is 234 g/mol. The van der Waals surface area contributed by atoms with E-state index in [1.54, 1.807) is 24.3 Å². The van der Waals surface area contributed by atoms with Gasteiger partial charge in [-0.05, 0) is 30.9 Å². The summed E-state index contributed by atoms with van der Waals surface area (Å²) in [6.45, 7) is 1.83. The molecule has 0 amide bonds. The standard InChI is InChI=1S/C11H14O3.C3H4/c1-2-8(11(13)14)7-9-5-3-4-6-10(9)12;1-2-3-1/h3-6,8,12H,2,7H2,1H3,(H,13,14);1-2H,3H2. The Balaban J connectivity index is 0.000000415. The first-order valence-corrected chi connectivity index (χ1v) is 5.79. The van der Waals surface area contributed by atoms with Crippen LogP contribution in [0.5, 0.6) is 5.75 Å². The molecule has 1 unspecified atom stereocenters. The Labute approximate surface area is 101 Å². The zero-order valence-corrected chi connectivity index (χ0v) is 9.97. The van der Waals surface area contributed by atoms with Crippen LogP contribution in [0.1, 0.15) is 25.3 Å². The van der Waals surface area contributed by atoms with Crippen LogP contribution in [0.2, 0.25) is 0 Å². The van der Waals surface area contributed by atoms with Gasteiger partial charge < -0.3 is 10.2 Å². The van der Waals surface area contributed by atoms with Crippen LogP contribution in [0, 0.1) is 5.92 Å². The Kier molecular flexibility index (Phi) is 5.27. The van der Waals surface area contributed by atoms with Crippen molar-refractivity contribution in [2.45, 2.75) is 26.2 Å². The molecule has 2 rings (SSSR count). The molecule has 0 radical (unpaired) electrons. The van der Waals surface area contributed by atoms with Crippen LogP contribution in [0.4, 0.5) is 0 Å². The average Bonchev–Trinajstić information content (AvgIpc) is 3.15. The van der Waals surface area contributed by atoms with Crippen molar-refractivity contribution in [1.29, 1.82) is 0 Å². The minimum absolute atomic E-state index is 0.173. The number of phenols is 1. The molecule has 0 saturated carbocycles. The number of carboxylic acids is 1. The number of hydrogen-bond acceptors (Lipinski definition) is 2. The summed E-state index contributed by atoms with van der Waals surface area (Å²) in [6.07, 6.45) is 6.46. The number of hydrogen-bond donors (Lipinski definition) is 2. The fourth-order valence-corrected chi connectivity index (χ4v) is 1.36. The number of carbonyl (C=O) groups is 1. The number of benzene rings is 1. The van der Waals surface area contributed by atoms with Crippen LogP contribution < -0.4 is 0 Å². The fourth-order valence-electron chi connectivity index (χ4n) is 1.36. The van der Waals surface area contributed by atoms with Gasteiger partial charge in [-0.2, -0.15) is 0 Å². The molecule has 1 aromatic rings. The normalized spacial score (nSPS) is 13.5. The lowest BCUT2D eigenvalue weighted by molar-refractivity contribution is -0.141. The van der Waals surface area contributed by atoms with Gasteiger partial charge in [0.25, 0.3) is 0 Å². The van der Waals surface area contributed by atoms with Gasteiger partial charge in [-0.1, -0.05) is 37.3 Å². The number of allylic oxidation sites excluding steroid dienone is 2. The number of aromatic hydroxyl groups is 1. The number of carboxylic acid groups (broad SMARTS) is 1. The smallest absolute Gasteiger partial charge is 0.306 e. The second-order valence-electron chi connectivity index (χ2n) is 3.98. The van der Waals surface area contributed by atoms with Gasteiger partial charge in [-0.15, -0.1) is 0 Å². The van der Waals surface area contributed by atoms with Gasteiger partial charge in [-0.25, -0.2) is 0 Å². The highest BCUT2D eigenvalue weighted by atomic mass is 16.4. The molecule has 0 aromatic heterocycles. The van der Waals surface area contributed by atoms with Gasteiger partial charge in [0.05, 0.1) is 5.92 Å². The monoisotopic (exact) mass is 234 g/mol. The van der Waals surface area contributed by atoms with Gasteiger partial charge in [-0.3, -0.25) is 4.79 Å². The minimum Gasteiger partial charge on any atom is -0.508 e. The molecule has 0 heterocycles. The van der Waals surface area contributed by atoms with Gasteiger partial charge >= 0.3 is 5.97 Å². The summed E-state index contributed by atoms with van der Waals surface area (Å²) in [7, 11) is 0. The predicted molar refractivity (Wildman–Crippen MR) is 67.0 cm³/mol. The predicted octanol–water partition coefficient (Wildman–Crippen LogP) is 2.99. The van der Waals surface area contributed by atoms with Crippen molar-refractivity contribution in [2.24, 2.45) is 5.92 Å². The van der Waals surface area contributed by atoms with Crippen LogP contribution in [-0.2, 0) is 11.2 Å². The van der Waals surface area contributed by atoms with Crippen molar-refractivity contribution in [3.63, 3.8) is 0 Å². The second kappa shape index (κ2) is 6.74. The van der Waals surface area contributed by atoms with Crippen molar-refractivity contribution >= 4 is 5.97 Å². The topological polar surface area (TPSA) is 57.5 Å². The zero-order chi connectivity index (χ0) is 12.7. The molecule has 92 valence electrons. The summed E-state index contributed by atoms with van der Waals surface area (Å²) < 4.78 is 0. The van der Waals surface area contributed by atoms with E-state index in [9.17, 15) is 9.90 Å². The molecule has 0 bridgehead atoms. The molecule has 0 fully saturated rings. The van der Waals surface area contributed by atoms with Crippen molar-refractivity contribution in [1.82, 2.24) is 0 Å². The lowest BCUT2D eigenvalue weighted by Crippen LogP contribution is -2.15. The molecule has 1 aromatic carbocycles. The van der Waals surface area contributed by atoms with Crippen molar-refractivity contribution < 1.29 is 15.0 Å². The van der Waals surface area contributed by atoms with Crippen LogP contribution in [-0.4, -0.2) is 16.2 Å². The first-order valence-electron chi connectivity index (χ1n) is 5.79. The highest BCUT2D eigenvalue weighted by molar-refractivity contribution is 5.70. The largest absolute Gasteiger partial charge is 0.508 e. The van der Waals surface area contributed by atoms with E-state index in [4.69, 9.17) is 5.11 Å². The number of phenolic OH excluding ortho intramolecular Hbond substituents is 1. The lowest BCUT2D eigenvalue weighted by Gasteiger charge is -2.10. The fraction of sp³-hybridized carbons (Fsp3) is 0.357. The molecule has 3 nitrogen and oxygen atoms in total. The van der Waals surface area contributed by atoms with Crippen LogP contribution in [0.25, 0.3) is 0 Å². The highest BCUT2D eigenvalue weighted by Gasteiger charge is 2.16. The van der Waals surface area contributed by atoms with Gasteiger partial charge in [0.2, 0.25) is 0 Å². The molecule has 0 saturated heterocycles. The third kappa shape index (κ3) is 5.20. The molecule has 0 aliphatic heterocycles. The van der Waals surface area contributed by atoms with Gasteiger partial charge in [0.1, 0.15) is 5.75 Å². The molecule has 17 heavy (non-hydrogen) atoms. The lowest BCUT2D eigenvalue weighted by atomic mass is 9.96. The van der Waals surface area contributed by atoms with E-state index in [-0.39, 0.29) is 5.75 Å². The maximum absolute atomic E-state index is 10.8. The number of aliphatic carboxylic acids is 1. The Bertz CT molecular complexity index is 392. The van der Waals surface area contributed by atoms with Gasteiger partial charge in [0.15, 0.2) is 0 Å². The van der Waals surface area contributed by atoms with Crippen LogP contribution in [0.3, 0.4) is 0 Å². The summed E-state index contributed by atoms with van der Waals surface area (Å²) in [5, 5.41) is 18.3. The van der Waals surface area contributed by atoms with Crippen molar-refractivity contribution in [3.8, 4) is 5.75 Å². The SMILES string of the molecule is C1=CC1.CCC(Cc1ccccc1O)C(=O)O. The van der Waals surface area contributed by atoms with E-state index in [2.05, 4.69) is 12.2 Å². The van der Waals surface area contributed by atoms with E-state index in [1.165, 1.54) is 6.42 Å². The van der Waals surface area contributed by atoms with E-state index in [0.717, 1.165) is 0 Å². The summed E-state index contributed by atoms with van der Waals surface area (Å²) in [5.41, 5.74) is 0.696. The Hall–Kier alpha value is -1.77. The second-order valence-corrected chi connectivity index (χ2v) is 3.98. The zero-order valence-electron chi connectivity index (χ0n) is 9.97. The van der Waals surface area contributed by atoms with E-state index in [0.29, 0.717) is 18.4 Å². The summed E-state index contributed by atoms with van der Waals surface area (Å²) in [4.78, 5) is 10.8. The molecular formula is C14H18O3. The number of para-hydroxylation sites is 1. The third-order valence-corrected chi connectivity index (χ3v) is 2.54. The Morgan fingerprint density at radius 3 is 2.35 bits per heavy atom. The third-order valence-electron chi connectivity index (χ3n) is 2.54. The summed E-state index contributed by atoms with van der Waals surface area (Å²) in [6, 6.07) is 6.84. The van der Waals surface area contributed by atoms with Crippen LogP contribution in [0.15, 0.2) is 36.4 Å². The molecule has 1 atom stereocenters. The van der Waals surface area contributed by atoms with Crippen molar-refractivity contribution in [2.75, 3.05) is 0 Å². The first-order chi connectivity index (χ1) is 8.15. The van der Waals surface area contributed by atoms with Crippen molar-refractivity contribution in [3.05, 3.63) is 42.0 Å². The molecule has 2 N–H and O–H groups in total. The van der Waals surface area contributed by atoms with E-state index >= 15 is 0 Å². The summed E-state index contributed by atoms with van der Waals surface area (Å²) >= 11 is 0. The highest BCUT2D eigenvalue weighted by Crippen LogP contribution is 2.21. The number of rotatable bonds is 4. The van der Waals surface area contributed by atoms with Gasteiger partial charge in [0, 0.05) is 0 Å². The summed E-state index contributed by atoms with van der Waals surface area (Å²) in [5.74, 6) is -1.05. The maximum Gasteiger partial charge on any atom is 0.306 e. The Morgan fingerprint density at radius 1 is 1.35 bits per heavy atom. The molecule has 0 spiro atoms. The Morgan fingerprint density at radius 2 is 1.94 bits per heavy atom. The van der Waals surface area contributed by atoms with E-state index < -0.39 is 11.9 Å². The maximum atomic E-state index is 10.8. The quantitative estimate of drug-likeness (QED) is 0.787. The molecule has 1 aliphatic carbocycles.